The van der Waals surface area contributed by atoms with Gasteiger partial charge in [0.1, 0.15) is 0 Å². The average molecular weight is 271 g/mol. The van der Waals surface area contributed by atoms with Crippen LogP contribution in [-0.4, -0.2) is 27.9 Å². The molecule has 1 aromatic heterocycles. The molecule has 1 aliphatic heterocycles. The molecule has 1 saturated carbocycles. The largest absolute Gasteiger partial charge is 0.516 e. The van der Waals surface area contributed by atoms with Crippen molar-refractivity contribution >= 4 is 25.1 Å². The molecule has 1 aromatic rings. The van der Waals surface area contributed by atoms with Gasteiger partial charge < -0.3 is 13.9 Å². The fourth-order valence-corrected chi connectivity index (χ4v) is 2.01. The lowest BCUT2D eigenvalue weighted by molar-refractivity contribution is 0.00578. The number of hydrogen-bond acceptors (Lipinski definition) is 3. The molecule has 0 N–H and O–H groups in total. The van der Waals surface area contributed by atoms with Gasteiger partial charge in [-0.15, -0.1) is 12.4 Å². The van der Waals surface area contributed by atoms with Gasteiger partial charge in [0.25, 0.3) is 0 Å². The van der Waals surface area contributed by atoms with Gasteiger partial charge in [0.15, 0.2) is 0 Å². The second-order valence-electron chi connectivity index (χ2n) is 6.07. The predicted octanol–water partition coefficient (Wildman–Crippen LogP) is 1.94. The summed E-state index contributed by atoms with van der Waals surface area (Å²) in [5, 5.41) is 0. The zero-order valence-electron chi connectivity index (χ0n) is 11.3. The summed E-state index contributed by atoms with van der Waals surface area (Å²) in [5.41, 5.74) is 0.303. The third kappa shape index (κ3) is 2.19. The van der Waals surface area contributed by atoms with E-state index in [2.05, 4.69) is 43.4 Å². The first-order valence-electron chi connectivity index (χ1n) is 6.28. The van der Waals surface area contributed by atoms with Crippen LogP contribution in [0.4, 0.5) is 0 Å². The normalized spacial score (nSPS) is 25.0. The number of aromatic nitrogens is 2. The van der Waals surface area contributed by atoms with Crippen molar-refractivity contribution in [3.05, 3.63) is 12.5 Å². The highest BCUT2D eigenvalue weighted by Crippen LogP contribution is 2.37. The first-order valence-corrected chi connectivity index (χ1v) is 6.28. The van der Waals surface area contributed by atoms with Crippen LogP contribution in [-0.2, 0) is 9.31 Å². The molecule has 0 bridgehead atoms. The van der Waals surface area contributed by atoms with Crippen molar-refractivity contribution in [1.82, 2.24) is 9.55 Å². The molecule has 0 atom stereocenters. The molecule has 4 nitrogen and oxygen atoms in total. The van der Waals surface area contributed by atoms with Gasteiger partial charge in [0.05, 0.1) is 23.1 Å². The third-order valence-corrected chi connectivity index (χ3v) is 4.08. The number of hydrogen-bond donors (Lipinski definition) is 0. The Bertz CT molecular complexity index is 427. The molecule has 0 spiro atoms. The average Bonchev–Trinajstić information content (AvgIpc) is 2.89. The molecule has 6 heteroatoms. The molecule has 0 unspecified atom stereocenters. The van der Waals surface area contributed by atoms with E-state index in [0.29, 0.717) is 6.04 Å². The van der Waals surface area contributed by atoms with Gasteiger partial charge in [-0.25, -0.2) is 4.98 Å². The summed E-state index contributed by atoms with van der Waals surface area (Å²) in [4.78, 5) is 4.40. The molecule has 18 heavy (non-hydrogen) atoms. The van der Waals surface area contributed by atoms with E-state index in [4.69, 9.17) is 9.31 Å². The maximum Gasteiger partial charge on any atom is 0.516 e. The van der Waals surface area contributed by atoms with Gasteiger partial charge in [-0.1, -0.05) is 0 Å². The first-order chi connectivity index (χ1) is 7.89. The molecule has 3 rings (SSSR count). The van der Waals surface area contributed by atoms with E-state index >= 15 is 0 Å². The Morgan fingerprint density at radius 2 is 1.78 bits per heavy atom. The van der Waals surface area contributed by atoms with Crippen LogP contribution in [0.15, 0.2) is 12.5 Å². The molecule has 2 aliphatic rings. The summed E-state index contributed by atoms with van der Waals surface area (Å²) in [7, 11) is -0.333. The van der Waals surface area contributed by atoms with Crippen molar-refractivity contribution < 1.29 is 9.31 Å². The maximum absolute atomic E-state index is 5.97. The Morgan fingerprint density at radius 1 is 1.22 bits per heavy atom. The second kappa shape index (κ2) is 4.25. The first kappa shape index (κ1) is 13.9. The molecule has 0 aromatic carbocycles. The highest BCUT2D eigenvalue weighted by Gasteiger charge is 2.52. The lowest BCUT2D eigenvalue weighted by Crippen LogP contribution is -2.41. The lowest BCUT2D eigenvalue weighted by Gasteiger charge is -2.32. The highest BCUT2D eigenvalue weighted by molar-refractivity contribution is 6.61. The number of halogens is 1. The number of nitrogens with zero attached hydrogens (tertiary/aromatic N) is 2. The van der Waals surface area contributed by atoms with Crippen molar-refractivity contribution in [2.24, 2.45) is 0 Å². The Hall–Kier alpha value is -0.515. The van der Waals surface area contributed by atoms with Gasteiger partial charge >= 0.3 is 7.12 Å². The van der Waals surface area contributed by atoms with Gasteiger partial charge in [0.2, 0.25) is 0 Å². The minimum Gasteiger partial charge on any atom is -0.398 e. The zero-order valence-corrected chi connectivity index (χ0v) is 12.2. The highest BCUT2D eigenvalue weighted by atomic mass is 35.5. The Morgan fingerprint density at radius 3 is 2.28 bits per heavy atom. The molecule has 0 amide bonds. The van der Waals surface area contributed by atoms with Crippen molar-refractivity contribution in [3.8, 4) is 0 Å². The number of imidazole rings is 1. The topological polar surface area (TPSA) is 36.3 Å². The van der Waals surface area contributed by atoms with Crippen LogP contribution < -0.4 is 5.59 Å². The molecule has 100 valence electrons. The predicted molar refractivity (Wildman–Crippen MR) is 73.5 cm³/mol. The molecule has 2 fully saturated rings. The summed E-state index contributed by atoms with van der Waals surface area (Å²) in [6.07, 6.45) is 6.47. The van der Waals surface area contributed by atoms with Crippen LogP contribution in [0.1, 0.15) is 46.6 Å². The van der Waals surface area contributed by atoms with Crippen LogP contribution in [0, 0.1) is 0 Å². The maximum atomic E-state index is 5.97. The fraction of sp³-hybridized carbons (Fsp3) is 0.750. The molecular formula is C12H20BClN2O2. The van der Waals surface area contributed by atoms with E-state index in [1.165, 1.54) is 12.8 Å². The molecule has 0 radical (unpaired) electrons. The van der Waals surface area contributed by atoms with Crippen molar-refractivity contribution in [2.75, 3.05) is 0 Å². The Kier molecular flexibility index (Phi) is 3.29. The lowest BCUT2D eigenvalue weighted by atomic mass is 9.86. The fourth-order valence-electron chi connectivity index (χ4n) is 2.01. The second-order valence-corrected chi connectivity index (χ2v) is 6.07. The molecular weight excluding hydrogens is 250 g/mol. The minimum atomic E-state index is -0.333. The Balaban J connectivity index is 0.00000120. The van der Waals surface area contributed by atoms with E-state index in [1.54, 1.807) is 0 Å². The van der Waals surface area contributed by atoms with Crippen LogP contribution in [0.25, 0.3) is 0 Å². The summed E-state index contributed by atoms with van der Waals surface area (Å²) in [6, 6.07) is 0.652. The Labute approximate surface area is 115 Å². The van der Waals surface area contributed by atoms with E-state index in [0.717, 1.165) is 5.59 Å². The summed E-state index contributed by atoms with van der Waals surface area (Å²) >= 11 is 0. The van der Waals surface area contributed by atoms with Crippen molar-refractivity contribution in [3.63, 3.8) is 0 Å². The summed E-state index contributed by atoms with van der Waals surface area (Å²) in [5.74, 6) is 0. The molecule has 1 saturated heterocycles. The minimum absolute atomic E-state index is 0. The van der Waals surface area contributed by atoms with Crippen molar-refractivity contribution in [2.45, 2.75) is 57.8 Å². The van der Waals surface area contributed by atoms with Gasteiger partial charge in [0, 0.05) is 12.2 Å². The summed E-state index contributed by atoms with van der Waals surface area (Å²) < 4.78 is 14.1. The van der Waals surface area contributed by atoms with Crippen molar-refractivity contribution in [1.29, 1.82) is 0 Å². The molecule has 1 aliphatic carbocycles. The molecule has 2 heterocycles. The van der Waals surface area contributed by atoms with Gasteiger partial charge in [-0.05, 0) is 40.5 Å². The quantitative estimate of drug-likeness (QED) is 0.771. The van der Waals surface area contributed by atoms with Crippen LogP contribution in [0.5, 0.6) is 0 Å². The zero-order chi connectivity index (χ0) is 12.3. The van der Waals surface area contributed by atoms with Crippen LogP contribution >= 0.6 is 12.4 Å². The SMILES string of the molecule is CC1(C)OB(c2cn(C3CC3)cn2)OC1(C)C.Cl. The monoisotopic (exact) mass is 270 g/mol. The van der Waals surface area contributed by atoms with Crippen LogP contribution in [0.3, 0.4) is 0 Å². The number of rotatable bonds is 2. The van der Waals surface area contributed by atoms with E-state index in [-0.39, 0.29) is 30.7 Å². The van der Waals surface area contributed by atoms with E-state index in [1.807, 2.05) is 6.33 Å². The third-order valence-electron chi connectivity index (χ3n) is 4.08. The van der Waals surface area contributed by atoms with Crippen LogP contribution in [0.2, 0.25) is 0 Å². The summed E-state index contributed by atoms with van der Waals surface area (Å²) in [6.45, 7) is 8.24. The van der Waals surface area contributed by atoms with Gasteiger partial charge in [-0.2, -0.15) is 0 Å². The van der Waals surface area contributed by atoms with E-state index in [9.17, 15) is 0 Å². The smallest absolute Gasteiger partial charge is 0.398 e. The van der Waals surface area contributed by atoms with Gasteiger partial charge in [-0.3, -0.25) is 0 Å². The standard InChI is InChI=1S/C12H19BN2O2.ClH/c1-11(2)12(3,4)17-13(16-11)10-7-15(8-14-10)9-5-6-9;/h7-9H,5-6H2,1-4H3;1H. The van der Waals surface area contributed by atoms with E-state index < -0.39 is 0 Å².